The number of rotatable bonds is 9. The van der Waals surface area contributed by atoms with Crippen molar-refractivity contribution >= 4 is 17.8 Å². The molecule has 150 valence electrons. The smallest absolute Gasteiger partial charge is 0.328 e. The summed E-state index contributed by atoms with van der Waals surface area (Å²) >= 11 is 0. The van der Waals surface area contributed by atoms with Crippen molar-refractivity contribution in [2.24, 2.45) is 0 Å². The number of hydrogen-bond donors (Lipinski definition) is 1. The molecule has 0 heterocycles. The van der Waals surface area contributed by atoms with Gasteiger partial charge in [0.1, 0.15) is 17.4 Å². The minimum atomic E-state index is -0.844. The minimum Gasteiger partial charge on any atom is -0.497 e. The van der Waals surface area contributed by atoms with E-state index in [9.17, 15) is 14.4 Å². The molecule has 0 aliphatic carbocycles. The second-order valence-corrected chi connectivity index (χ2v) is 7.01. The molecule has 1 amide bonds. The van der Waals surface area contributed by atoms with Crippen LogP contribution >= 0.6 is 0 Å². The summed E-state index contributed by atoms with van der Waals surface area (Å²) in [6.45, 7) is 7.19. The van der Waals surface area contributed by atoms with Crippen LogP contribution in [0.5, 0.6) is 5.75 Å². The predicted octanol–water partition coefficient (Wildman–Crippen LogP) is 2.41. The molecular formula is C20H29NO6. The van der Waals surface area contributed by atoms with Gasteiger partial charge in [-0.2, -0.15) is 0 Å². The Kier molecular flexibility index (Phi) is 8.78. The Morgan fingerprint density at radius 2 is 1.85 bits per heavy atom. The Labute approximate surface area is 160 Å². The molecule has 1 unspecified atom stereocenters. The number of carbonyl (C=O) groups excluding carboxylic acids is 3. The zero-order valence-electron chi connectivity index (χ0n) is 16.7. The molecule has 1 aromatic carbocycles. The van der Waals surface area contributed by atoms with Gasteiger partial charge in [0.2, 0.25) is 5.91 Å². The standard InChI is InChI=1S/C20H29NO6/c1-6-26-19(24)16(13-14-8-7-9-15(12-14)25-5)21-17(22)10-11-18(23)27-20(2,3)4/h7-9,12,16H,6,10-11,13H2,1-5H3,(H,21,22). The third-order valence-electron chi connectivity index (χ3n) is 3.46. The van der Waals surface area contributed by atoms with Gasteiger partial charge in [-0.25, -0.2) is 4.79 Å². The van der Waals surface area contributed by atoms with Gasteiger partial charge in [0, 0.05) is 12.8 Å². The summed E-state index contributed by atoms with van der Waals surface area (Å²) in [5.41, 5.74) is 0.216. The van der Waals surface area contributed by atoms with Gasteiger partial charge in [-0.1, -0.05) is 12.1 Å². The molecule has 0 aliphatic rings. The van der Waals surface area contributed by atoms with Crippen molar-refractivity contribution in [1.82, 2.24) is 5.32 Å². The van der Waals surface area contributed by atoms with Crippen LogP contribution in [0.2, 0.25) is 0 Å². The summed E-state index contributed by atoms with van der Waals surface area (Å²) < 4.78 is 15.4. The van der Waals surface area contributed by atoms with E-state index in [2.05, 4.69) is 5.32 Å². The van der Waals surface area contributed by atoms with Crippen molar-refractivity contribution in [2.75, 3.05) is 13.7 Å². The number of amides is 1. The van der Waals surface area contributed by atoms with Gasteiger partial charge in [0.25, 0.3) is 0 Å². The first-order valence-corrected chi connectivity index (χ1v) is 8.95. The number of carbonyl (C=O) groups is 3. The Balaban J connectivity index is 2.69. The lowest BCUT2D eigenvalue weighted by atomic mass is 10.1. The van der Waals surface area contributed by atoms with E-state index >= 15 is 0 Å². The van der Waals surface area contributed by atoms with Crippen molar-refractivity contribution in [1.29, 1.82) is 0 Å². The highest BCUT2D eigenvalue weighted by Gasteiger charge is 2.24. The number of hydrogen-bond acceptors (Lipinski definition) is 6. The number of ether oxygens (including phenoxy) is 3. The summed E-state index contributed by atoms with van der Waals surface area (Å²) in [6, 6.07) is 6.38. The van der Waals surface area contributed by atoms with Crippen LogP contribution in [-0.4, -0.2) is 43.2 Å². The molecule has 0 saturated heterocycles. The first kappa shape index (κ1) is 22.5. The van der Waals surface area contributed by atoms with Crippen molar-refractivity contribution in [2.45, 2.75) is 58.6 Å². The lowest BCUT2D eigenvalue weighted by molar-refractivity contribution is -0.155. The SMILES string of the molecule is CCOC(=O)C(Cc1cccc(OC)c1)NC(=O)CCC(=O)OC(C)(C)C. The molecule has 0 aliphatic heterocycles. The second kappa shape index (κ2) is 10.5. The molecule has 0 bridgehead atoms. The van der Waals surface area contributed by atoms with Gasteiger partial charge >= 0.3 is 11.9 Å². The van der Waals surface area contributed by atoms with Gasteiger partial charge in [-0.05, 0) is 45.4 Å². The first-order chi connectivity index (χ1) is 12.6. The lowest BCUT2D eigenvalue weighted by Crippen LogP contribution is -2.43. The Bertz CT molecular complexity index is 650. The summed E-state index contributed by atoms with van der Waals surface area (Å²) in [5.74, 6) is -0.739. The summed E-state index contributed by atoms with van der Waals surface area (Å²) in [6.07, 6.45) is 0.134. The Morgan fingerprint density at radius 3 is 2.44 bits per heavy atom. The van der Waals surface area contributed by atoms with Crippen LogP contribution in [0.25, 0.3) is 0 Å². The molecule has 1 rings (SSSR count). The van der Waals surface area contributed by atoms with E-state index < -0.39 is 29.5 Å². The van der Waals surface area contributed by atoms with Gasteiger partial charge < -0.3 is 19.5 Å². The highest BCUT2D eigenvalue weighted by Crippen LogP contribution is 2.15. The third kappa shape index (κ3) is 9.08. The molecule has 0 aromatic heterocycles. The van der Waals surface area contributed by atoms with E-state index in [4.69, 9.17) is 14.2 Å². The molecule has 27 heavy (non-hydrogen) atoms. The molecule has 7 nitrogen and oxygen atoms in total. The van der Waals surface area contributed by atoms with Crippen LogP contribution in [0.4, 0.5) is 0 Å². The van der Waals surface area contributed by atoms with Gasteiger partial charge in [-0.3, -0.25) is 9.59 Å². The monoisotopic (exact) mass is 379 g/mol. The third-order valence-corrected chi connectivity index (χ3v) is 3.46. The quantitative estimate of drug-likeness (QED) is 0.663. The van der Waals surface area contributed by atoms with E-state index in [0.717, 1.165) is 5.56 Å². The van der Waals surface area contributed by atoms with Crippen LogP contribution in [0.3, 0.4) is 0 Å². The molecular weight excluding hydrogens is 350 g/mol. The van der Waals surface area contributed by atoms with Crippen LogP contribution in [0, 0.1) is 0 Å². The minimum absolute atomic E-state index is 0.0577. The lowest BCUT2D eigenvalue weighted by Gasteiger charge is -2.20. The van der Waals surface area contributed by atoms with E-state index in [0.29, 0.717) is 5.75 Å². The molecule has 1 N–H and O–H groups in total. The molecule has 0 fully saturated rings. The van der Waals surface area contributed by atoms with Crippen LogP contribution in [0.1, 0.15) is 46.1 Å². The largest absolute Gasteiger partial charge is 0.497 e. The maximum atomic E-state index is 12.2. The molecule has 0 saturated carbocycles. The highest BCUT2D eigenvalue weighted by atomic mass is 16.6. The van der Waals surface area contributed by atoms with E-state index in [-0.39, 0.29) is 25.9 Å². The van der Waals surface area contributed by atoms with Crippen molar-refractivity contribution < 1.29 is 28.6 Å². The maximum absolute atomic E-state index is 12.2. The fourth-order valence-electron chi connectivity index (χ4n) is 2.35. The van der Waals surface area contributed by atoms with Crippen molar-refractivity contribution in [3.8, 4) is 5.75 Å². The van der Waals surface area contributed by atoms with E-state index in [1.54, 1.807) is 53.0 Å². The molecule has 1 aromatic rings. The summed E-state index contributed by atoms with van der Waals surface area (Å²) in [4.78, 5) is 36.1. The average molecular weight is 379 g/mol. The number of esters is 2. The van der Waals surface area contributed by atoms with Crippen LogP contribution in [-0.2, 0) is 30.3 Å². The number of nitrogens with one attached hydrogen (secondary N) is 1. The molecule has 0 radical (unpaired) electrons. The Morgan fingerprint density at radius 1 is 1.15 bits per heavy atom. The van der Waals surface area contributed by atoms with E-state index in [1.165, 1.54) is 0 Å². The number of methoxy groups -OCH3 is 1. The van der Waals surface area contributed by atoms with Gasteiger partial charge in [0.15, 0.2) is 0 Å². The summed E-state index contributed by atoms with van der Waals surface area (Å²) in [7, 11) is 1.56. The van der Waals surface area contributed by atoms with Crippen molar-refractivity contribution in [3.63, 3.8) is 0 Å². The van der Waals surface area contributed by atoms with Crippen molar-refractivity contribution in [3.05, 3.63) is 29.8 Å². The second-order valence-electron chi connectivity index (χ2n) is 7.01. The number of benzene rings is 1. The topological polar surface area (TPSA) is 90.9 Å². The van der Waals surface area contributed by atoms with E-state index in [1.807, 2.05) is 6.07 Å². The molecule has 1 atom stereocenters. The normalized spacial score (nSPS) is 12.0. The molecule has 7 heteroatoms. The van der Waals surface area contributed by atoms with Crippen LogP contribution in [0.15, 0.2) is 24.3 Å². The average Bonchev–Trinajstić information content (AvgIpc) is 2.58. The highest BCUT2D eigenvalue weighted by molar-refractivity contribution is 5.86. The Hall–Kier alpha value is -2.57. The van der Waals surface area contributed by atoms with Gasteiger partial charge in [0.05, 0.1) is 20.1 Å². The first-order valence-electron chi connectivity index (χ1n) is 8.95. The zero-order valence-corrected chi connectivity index (χ0v) is 16.7. The fourth-order valence-corrected chi connectivity index (χ4v) is 2.35. The fraction of sp³-hybridized carbons (Fsp3) is 0.550. The predicted molar refractivity (Wildman–Crippen MR) is 100 cm³/mol. The zero-order chi connectivity index (χ0) is 20.4. The summed E-state index contributed by atoms with van der Waals surface area (Å²) in [5, 5.41) is 2.64. The van der Waals surface area contributed by atoms with Crippen LogP contribution < -0.4 is 10.1 Å². The maximum Gasteiger partial charge on any atom is 0.328 e. The molecule has 0 spiro atoms. The van der Waals surface area contributed by atoms with Gasteiger partial charge in [-0.15, -0.1) is 0 Å².